The van der Waals surface area contributed by atoms with Gasteiger partial charge in [-0.1, -0.05) is 0 Å². The number of ether oxygens (including phenoxy) is 3. The maximum Gasteiger partial charge on any atom is 0.338 e. The summed E-state index contributed by atoms with van der Waals surface area (Å²) in [5.74, 6) is -2.24. The molecule has 0 bridgehead atoms. The van der Waals surface area contributed by atoms with Crippen LogP contribution in [0, 0.1) is 5.82 Å². The van der Waals surface area contributed by atoms with Crippen molar-refractivity contribution in [2.24, 2.45) is 5.14 Å². The topological polar surface area (TPSA) is 122 Å². The maximum atomic E-state index is 13.3. The summed E-state index contributed by atoms with van der Waals surface area (Å²) in [5, 5.41) is 5.08. The highest BCUT2D eigenvalue weighted by Gasteiger charge is 2.20. The average molecular weight is 397 g/mol. The molecule has 2 aromatic carbocycles. The normalized spacial score (nSPS) is 11.0. The second kappa shape index (κ2) is 8.14. The molecule has 0 amide bonds. The van der Waals surface area contributed by atoms with Gasteiger partial charge in [0.05, 0.1) is 25.3 Å². The van der Waals surface area contributed by atoms with Crippen LogP contribution in [-0.2, 0) is 14.8 Å². The molecule has 0 aromatic heterocycles. The third-order valence-corrected chi connectivity index (χ3v) is 4.43. The number of ketones is 1. The average Bonchev–Trinajstić information content (AvgIpc) is 2.64. The van der Waals surface area contributed by atoms with Gasteiger partial charge >= 0.3 is 5.97 Å². The first kappa shape index (κ1) is 20.3. The fourth-order valence-corrected chi connectivity index (χ4v) is 2.94. The maximum absolute atomic E-state index is 13.3. The molecule has 0 atom stereocenters. The van der Waals surface area contributed by atoms with Crippen molar-refractivity contribution in [1.82, 2.24) is 0 Å². The van der Waals surface area contributed by atoms with Gasteiger partial charge in [-0.2, -0.15) is 0 Å². The number of esters is 1. The molecule has 27 heavy (non-hydrogen) atoms. The zero-order valence-electron chi connectivity index (χ0n) is 14.4. The Morgan fingerprint density at radius 3 is 2.26 bits per heavy atom. The standard InChI is InChI=1S/C17H16FNO7S/c1-24-14-6-4-11(18)8-12(14)13(20)9-26-17(21)10-3-5-15(25-2)16(7-10)27(19,22)23/h3-8H,9H2,1-2H3,(H2,19,22,23). The van der Waals surface area contributed by atoms with Crippen molar-refractivity contribution in [3.8, 4) is 11.5 Å². The number of halogens is 1. The molecule has 10 heteroatoms. The largest absolute Gasteiger partial charge is 0.496 e. The zero-order chi connectivity index (χ0) is 20.2. The molecule has 0 aliphatic heterocycles. The van der Waals surface area contributed by atoms with Crippen LogP contribution >= 0.6 is 0 Å². The van der Waals surface area contributed by atoms with Crippen molar-refractivity contribution in [1.29, 1.82) is 0 Å². The van der Waals surface area contributed by atoms with Gasteiger partial charge in [0.15, 0.2) is 6.61 Å². The van der Waals surface area contributed by atoms with Crippen molar-refractivity contribution < 1.29 is 36.6 Å². The molecular formula is C17H16FNO7S. The zero-order valence-corrected chi connectivity index (χ0v) is 15.2. The van der Waals surface area contributed by atoms with Gasteiger partial charge in [0, 0.05) is 0 Å². The Kier molecular flexibility index (Phi) is 6.13. The van der Waals surface area contributed by atoms with Crippen LogP contribution in [-0.4, -0.2) is 41.0 Å². The minimum Gasteiger partial charge on any atom is -0.496 e. The minimum atomic E-state index is -4.15. The molecule has 0 saturated heterocycles. The van der Waals surface area contributed by atoms with Crippen molar-refractivity contribution >= 4 is 21.8 Å². The van der Waals surface area contributed by atoms with Crippen LogP contribution in [0.2, 0.25) is 0 Å². The van der Waals surface area contributed by atoms with Crippen molar-refractivity contribution in [3.63, 3.8) is 0 Å². The number of primary sulfonamides is 1. The summed E-state index contributed by atoms with van der Waals surface area (Å²) in [6, 6.07) is 6.81. The van der Waals surface area contributed by atoms with E-state index in [9.17, 15) is 22.4 Å². The Labute approximate surface area is 154 Å². The molecule has 0 fully saturated rings. The highest BCUT2D eigenvalue weighted by atomic mass is 32.2. The Bertz CT molecular complexity index is 989. The van der Waals surface area contributed by atoms with E-state index >= 15 is 0 Å². The smallest absolute Gasteiger partial charge is 0.338 e. The second-order valence-corrected chi connectivity index (χ2v) is 6.78. The van der Waals surface area contributed by atoms with E-state index in [0.29, 0.717) is 0 Å². The lowest BCUT2D eigenvalue weighted by atomic mass is 10.1. The number of hydrogen-bond acceptors (Lipinski definition) is 7. The third-order valence-electron chi connectivity index (χ3n) is 3.50. The summed E-state index contributed by atoms with van der Waals surface area (Å²) in [6.45, 7) is -0.699. The molecule has 0 aliphatic rings. The minimum absolute atomic E-state index is 0.0466. The molecule has 0 spiro atoms. The molecular weight excluding hydrogens is 381 g/mol. The number of methoxy groups -OCH3 is 2. The van der Waals surface area contributed by atoms with E-state index in [1.807, 2.05) is 0 Å². The number of rotatable bonds is 7. The predicted octanol–water partition coefficient (Wildman–Crippen LogP) is 1.53. The molecule has 0 aliphatic carbocycles. The molecule has 8 nitrogen and oxygen atoms in total. The highest BCUT2D eigenvalue weighted by molar-refractivity contribution is 7.89. The number of Topliss-reactive ketones (excluding diaryl/α,β-unsaturated/α-hetero) is 1. The first-order valence-corrected chi connectivity index (χ1v) is 8.96. The fourth-order valence-electron chi connectivity index (χ4n) is 2.22. The van der Waals surface area contributed by atoms with Gasteiger partial charge in [0.25, 0.3) is 0 Å². The number of carbonyl (C=O) groups excluding carboxylic acids is 2. The van der Waals surface area contributed by atoms with Crippen LogP contribution in [0.5, 0.6) is 11.5 Å². The summed E-state index contributed by atoms with van der Waals surface area (Å²) < 4.78 is 51.2. The lowest BCUT2D eigenvalue weighted by molar-refractivity contribution is 0.0473. The quantitative estimate of drug-likeness (QED) is 0.555. The van der Waals surface area contributed by atoms with Gasteiger partial charge in [0.1, 0.15) is 22.2 Å². The number of carbonyl (C=O) groups is 2. The van der Waals surface area contributed by atoms with E-state index < -0.39 is 39.1 Å². The first-order chi connectivity index (χ1) is 12.7. The van der Waals surface area contributed by atoms with E-state index in [1.54, 1.807) is 0 Å². The van der Waals surface area contributed by atoms with E-state index in [1.165, 1.54) is 32.4 Å². The van der Waals surface area contributed by atoms with E-state index in [-0.39, 0.29) is 22.6 Å². The van der Waals surface area contributed by atoms with Crippen molar-refractivity contribution in [2.45, 2.75) is 4.90 Å². The molecule has 2 aromatic rings. The summed E-state index contributed by atoms with van der Waals surface area (Å²) >= 11 is 0. The molecule has 0 heterocycles. The molecule has 0 saturated carbocycles. The van der Waals surface area contributed by atoms with Crippen LogP contribution in [0.25, 0.3) is 0 Å². The van der Waals surface area contributed by atoms with Crippen LogP contribution in [0.15, 0.2) is 41.3 Å². The number of nitrogens with two attached hydrogens (primary N) is 1. The number of sulfonamides is 1. The fraction of sp³-hybridized carbons (Fsp3) is 0.176. The summed E-state index contributed by atoms with van der Waals surface area (Å²) in [6.07, 6.45) is 0. The third kappa shape index (κ3) is 4.80. The van der Waals surface area contributed by atoms with Gasteiger partial charge in [-0.15, -0.1) is 0 Å². The van der Waals surface area contributed by atoms with Gasteiger partial charge in [-0.25, -0.2) is 22.7 Å². The van der Waals surface area contributed by atoms with E-state index in [4.69, 9.17) is 19.3 Å². The Morgan fingerprint density at radius 2 is 1.67 bits per heavy atom. The SMILES string of the molecule is COc1ccc(F)cc1C(=O)COC(=O)c1ccc(OC)c(S(N)(=O)=O)c1. The Balaban J connectivity index is 2.19. The molecule has 0 unspecified atom stereocenters. The van der Waals surface area contributed by atoms with Gasteiger partial charge in [0.2, 0.25) is 15.8 Å². The second-order valence-electron chi connectivity index (χ2n) is 5.25. The van der Waals surface area contributed by atoms with Crippen LogP contribution in [0.4, 0.5) is 4.39 Å². The van der Waals surface area contributed by atoms with E-state index in [2.05, 4.69) is 0 Å². The lowest BCUT2D eigenvalue weighted by Crippen LogP contribution is -2.17. The highest BCUT2D eigenvalue weighted by Crippen LogP contribution is 2.24. The van der Waals surface area contributed by atoms with E-state index in [0.717, 1.165) is 18.2 Å². The van der Waals surface area contributed by atoms with Gasteiger partial charge in [-0.3, -0.25) is 4.79 Å². The first-order valence-electron chi connectivity index (χ1n) is 7.42. The number of benzene rings is 2. The Hall–Kier alpha value is -2.98. The molecule has 2 N–H and O–H groups in total. The molecule has 2 rings (SSSR count). The van der Waals surface area contributed by atoms with Crippen LogP contribution in [0.1, 0.15) is 20.7 Å². The monoisotopic (exact) mass is 397 g/mol. The lowest BCUT2D eigenvalue weighted by Gasteiger charge is -2.10. The molecule has 0 radical (unpaired) electrons. The Morgan fingerprint density at radius 1 is 1.04 bits per heavy atom. The summed E-state index contributed by atoms with van der Waals surface area (Å²) in [4.78, 5) is 23.9. The van der Waals surface area contributed by atoms with Gasteiger partial charge in [-0.05, 0) is 36.4 Å². The summed E-state index contributed by atoms with van der Waals surface area (Å²) in [7, 11) is -1.60. The number of hydrogen-bond donors (Lipinski definition) is 1. The van der Waals surface area contributed by atoms with Crippen LogP contribution in [0.3, 0.4) is 0 Å². The summed E-state index contributed by atoms with van der Waals surface area (Å²) in [5.41, 5.74) is -0.246. The van der Waals surface area contributed by atoms with Crippen molar-refractivity contribution in [2.75, 3.05) is 20.8 Å². The van der Waals surface area contributed by atoms with Gasteiger partial charge < -0.3 is 14.2 Å². The molecule has 144 valence electrons. The van der Waals surface area contributed by atoms with Crippen LogP contribution < -0.4 is 14.6 Å². The predicted molar refractivity (Wildman–Crippen MR) is 91.9 cm³/mol. The van der Waals surface area contributed by atoms with Crippen molar-refractivity contribution in [3.05, 3.63) is 53.3 Å².